The molecule has 8 heteroatoms. The molecule has 4 N–H and O–H groups in total. The van der Waals surface area contributed by atoms with Crippen molar-refractivity contribution in [1.82, 2.24) is 15.0 Å². The molecule has 1 aliphatic rings. The molecule has 160 valence electrons. The van der Waals surface area contributed by atoms with E-state index in [-0.39, 0.29) is 13.2 Å². The van der Waals surface area contributed by atoms with E-state index in [4.69, 9.17) is 25.3 Å². The highest BCUT2D eigenvalue weighted by molar-refractivity contribution is 5.81. The first-order valence-corrected chi connectivity index (χ1v) is 10.1. The van der Waals surface area contributed by atoms with Crippen LogP contribution in [0.1, 0.15) is 5.56 Å². The summed E-state index contributed by atoms with van der Waals surface area (Å²) in [6.07, 6.45) is 1.96. The molecule has 8 nitrogen and oxygen atoms in total. The van der Waals surface area contributed by atoms with Crippen LogP contribution >= 0.6 is 0 Å². The van der Waals surface area contributed by atoms with Crippen molar-refractivity contribution in [3.63, 3.8) is 0 Å². The molecule has 0 radical (unpaired) electrons. The van der Waals surface area contributed by atoms with Crippen molar-refractivity contribution >= 4 is 5.97 Å². The largest absolute Gasteiger partial charge is 0.480 e. The van der Waals surface area contributed by atoms with Crippen LogP contribution in [0.3, 0.4) is 0 Å². The summed E-state index contributed by atoms with van der Waals surface area (Å²) in [6.45, 7) is 0.197. The van der Waals surface area contributed by atoms with E-state index in [1.807, 2.05) is 60.7 Å². The summed E-state index contributed by atoms with van der Waals surface area (Å²) in [5.74, 6) is 0.982. The summed E-state index contributed by atoms with van der Waals surface area (Å²) < 4.78 is 11.0. The lowest BCUT2D eigenvalue weighted by atomic mass is 10.0. The molecule has 0 aliphatic carbocycles. The SMILES string of the molecule is N[C@@H](Cc1cccc(-c2nc(-c3ccc4c(c3)OCO4)c(-c3ccccn3)[nH]2)c1)C(=O)O. The molecule has 32 heavy (non-hydrogen) atoms. The van der Waals surface area contributed by atoms with Crippen LogP contribution in [0.25, 0.3) is 34.0 Å². The number of aromatic nitrogens is 3. The lowest BCUT2D eigenvalue weighted by molar-refractivity contribution is -0.138. The highest BCUT2D eigenvalue weighted by Gasteiger charge is 2.20. The van der Waals surface area contributed by atoms with Gasteiger partial charge in [0.05, 0.1) is 17.1 Å². The number of nitrogens with zero attached hydrogens (tertiary/aromatic N) is 2. The van der Waals surface area contributed by atoms with Crippen LogP contribution in [-0.2, 0) is 11.2 Å². The molecular formula is C24H20N4O4. The molecule has 5 rings (SSSR count). The number of carboxylic acids is 1. The smallest absolute Gasteiger partial charge is 0.320 e. The quantitative estimate of drug-likeness (QED) is 0.429. The van der Waals surface area contributed by atoms with E-state index in [9.17, 15) is 4.79 Å². The lowest BCUT2D eigenvalue weighted by Gasteiger charge is -2.07. The summed E-state index contributed by atoms with van der Waals surface area (Å²) in [7, 11) is 0. The van der Waals surface area contributed by atoms with Gasteiger partial charge in [-0.2, -0.15) is 0 Å². The summed E-state index contributed by atoms with van der Waals surface area (Å²) in [5, 5.41) is 9.12. The number of pyridine rings is 1. The van der Waals surface area contributed by atoms with Gasteiger partial charge in [-0.15, -0.1) is 0 Å². The molecule has 0 bridgehead atoms. The van der Waals surface area contributed by atoms with E-state index in [0.29, 0.717) is 17.3 Å². The molecule has 4 aromatic rings. The van der Waals surface area contributed by atoms with Crippen molar-refractivity contribution in [2.75, 3.05) is 6.79 Å². The number of nitrogens with two attached hydrogens (primary N) is 1. The van der Waals surface area contributed by atoms with E-state index in [1.165, 1.54) is 0 Å². The van der Waals surface area contributed by atoms with Crippen LogP contribution in [0.2, 0.25) is 0 Å². The second-order valence-electron chi connectivity index (χ2n) is 7.44. The maximum absolute atomic E-state index is 11.1. The maximum atomic E-state index is 11.1. The molecule has 2 aromatic carbocycles. The van der Waals surface area contributed by atoms with Crippen molar-refractivity contribution in [3.8, 4) is 45.5 Å². The zero-order valence-corrected chi connectivity index (χ0v) is 17.0. The minimum absolute atomic E-state index is 0.197. The van der Waals surface area contributed by atoms with Crippen LogP contribution in [0.4, 0.5) is 0 Å². The molecule has 0 amide bonds. The van der Waals surface area contributed by atoms with E-state index >= 15 is 0 Å². The Balaban J connectivity index is 1.58. The number of H-pyrrole nitrogens is 1. The third-order valence-electron chi connectivity index (χ3n) is 5.24. The number of carboxylic acid groups (broad SMARTS) is 1. The van der Waals surface area contributed by atoms with E-state index in [1.54, 1.807) is 6.20 Å². The second kappa shape index (κ2) is 8.16. The molecule has 0 fully saturated rings. The van der Waals surface area contributed by atoms with Gasteiger partial charge in [-0.3, -0.25) is 9.78 Å². The van der Waals surface area contributed by atoms with Crippen molar-refractivity contribution in [2.45, 2.75) is 12.5 Å². The monoisotopic (exact) mass is 428 g/mol. The average molecular weight is 428 g/mol. The zero-order chi connectivity index (χ0) is 22.1. The number of hydrogen-bond donors (Lipinski definition) is 3. The second-order valence-corrected chi connectivity index (χ2v) is 7.44. The van der Waals surface area contributed by atoms with Gasteiger partial charge in [-0.25, -0.2) is 4.98 Å². The first-order valence-electron chi connectivity index (χ1n) is 10.1. The first kappa shape index (κ1) is 19.8. The average Bonchev–Trinajstić information content (AvgIpc) is 3.46. The van der Waals surface area contributed by atoms with Crippen molar-refractivity contribution in [2.24, 2.45) is 5.73 Å². The molecule has 0 saturated carbocycles. The van der Waals surface area contributed by atoms with Crippen LogP contribution in [0, 0.1) is 0 Å². The Labute approximate surface area is 183 Å². The molecule has 0 saturated heterocycles. The Morgan fingerprint density at radius 3 is 2.75 bits per heavy atom. The zero-order valence-electron chi connectivity index (χ0n) is 17.0. The number of benzene rings is 2. The Bertz CT molecular complexity index is 1290. The number of aliphatic carboxylic acids is 1. The van der Waals surface area contributed by atoms with Gasteiger partial charge in [0.1, 0.15) is 11.9 Å². The number of fused-ring (bicyclic) bond motifs is 1. The van der Waals surface area contributed by atoms with Crippen molar-refractivity contribution in [1.29, 1.82) is 0 Å². The standard InChI is InChI=1S/C24H20N4O4/c25-17(24(29)30)11-14-4-3-5-16(10-14)23-27-21(22(28-23)18-6-1-2-9-26-18)15-7-8-19-20(12-15)32-13-31-19/h1-10,12,17H,11,13,25H2,(H,27,28)(H,29,30)/t17-/m0/s1. The molecule has 3 heterocycles. The predicted molar refractivity (Wildman–Crippen MR) is 118 cm³/mol. The summed E-state index contributed by atoms with van der Waals surface area (Å²) in [6, 6.07) is 18.0. The predicted octanol–water partition coefficient (Wildman–Crippen LogP) is 3.49. The number of hydrogen-bond acceptors (Lipinski definition) is 6. The van der Waals surface area contributed by atoms with E-state index in [2.05, 4.69) is 9.97 Å². The molecular weight excluding hydrogens is 408 g/mol. The van der Waals surface area contributed by atoms with Crippen molar-refractivity contribution < 1.29 is 19.4 Å². The Morgan fingerprint density at radius 2 is 1.94 bits per heavy atom. The summed E-state index contributed by atoms with van der Waals surface area (Å²) in [4.78, 5) is 23.9. The fraction of sp³-hybridized carbons (Fsp3) is 0.125. The maximum Gasteiger partial charge on any atom is 0.320 e. The summed E-state index contributed by atoms with van der Waals surface area (Å²) >= 11 is 0. The molecule has 0 unspecified atom stereocenters. The van der Waals surface area contributed by atoms with E-state index in [0.717, 1.165) is 33.8 Å². The highest BCUT2D eigenvalue weighted by Crippen LogP contribution is 2.39. The molecule has 1 atom stereocenters. The topological polar surface area (TPSA) is 123 Å². The third-order valence-corrected chi connectivity index (χ3v) is 5.24. The number of carbonyl (C=O) groups is 1. The Kier molecular flexibility index (Phi) is 5.04. The number of rotatable bonds is 6. The van der Waals surface area contributed by atoms with Gasteiger partial charge >= 0.3 is 5.97 Å². The molecule has 2 aromatic heterocycles. The van der Waals surface area contributed by atoms with Gasteiger partial charge in [0.25, 0.3) is 0 Å². The van der Waals surface area contributed by atoms with Crippen LogP contribution < -0.4 is 15.2 Å². The van der Waals surface area contributed by atoms with Gasteiger partial charge in [0.15, 0.2) is 11.5 Å². The Morgan fingerprint density at radius 1 is 1.06 bits per heavy atom. The van der Waals surface area contributed by atoms with Crippen molar-refractivity contribution in [3.05, 3.63) is 72.4 Å². The van der Waals surface area contributed by atoms with Gasteiger partial charge in [-0.05, 0) is 48.4 Å². The normalized spacial score (nSPS) is 13.2. The van der Waals surface area contributed by atoms with Gasteiger partial charge < -0.3 is 25.3 Å². The Hall–Kier alpha value is -4.17. The number of aromatic amines is 1. The minimum atomic E-state index is -1.03. The first-order chi connectivity index (χ1) is 15.6. The summed E-state index contributed by atoms with van der Waals surface area (Å²) in [5.41, 5.74) is 10.5. The van der Waals surface area contributed by atoms with Crippen LogP contribution in [0.5, 0.6) is 11.5 Å². The van der Waals surface area contributed by atoms with Gasteiger partial charge in [0, 0.05) is 17.3 Å². The van der Waals surface area contributed by atoms with Crippen LogP contribution in [-0.4, -0.2) is 38.9 Å². The van der Waals surface area contributed by atoms with Gasteiger partial charge in [0.2, 0.25) is 6.79 Å². The number of ether oxygens (including phenoxy) is 2. The van der Waals surface area contributed by atoms with E-state index < -0.39 is 12.0 Å². The fourth-order valence-corrected chi connectivity index (χ4v) is 3.65. The fourth-order valence-electron chi connectivity index (χ4n) is 3.65. The van der Waals surface area contributed by atoms with Gasteiger partial charge in [-0.1, -0.05) is 24.3 Å². The molecule has 1 aliphatic heterocycles. The van der Waals surface area contributed by atoms with Crippen LogP contribution in [0.15, 0.2) is 66.9 Å². The third kappa shape index (κ3) is 3.79. The molecule has 0 spiro atoms. The highest BCUT2D eigenvalue weighted by atomic mass is 16.7. The minimum Gasteiger partial charge on any atom is -0.480 e. The lowest BCUT2D eigenvalue weighted by Crippen LogP contribution is -2.32. The number of nitrogens with one attached hydrogen (secondary N) is 1. The number of imidazole rings is 1.